The first-order valence-electron chi connectivity index (χ1n) is 7.28. The Bertz CT molecular complexity index is 408. The van der Waals surface area contributed by atoms with Crippen LogP contribution in [0.5, 0.6) is 0 Å². The van der Waals surface area contributed by atoms with Gasteiger partial charge in [-0.3, -0.25) is 0 Å². The van der Waals surface area contributed by atoms with Gasteiger partial charge < -0.3 is 10.2 Å². The molecule has 0 aromatic heterocycles. The molecule has 1 rings (SSSR count). The molecule has 108 valence electrons. The van der Waals surface area contributed by atoms with Crippen LogP contribution >= 0.6 is 0 Å². The van der Waals surface area contributed by atoms with Crippen LogP contribution in [0.25, 0.3) is 0 Å². The lowest BCUT2D eigenvalue weighted by Gasteiger charge is -2.41. The number of rotatable bonds is 6. The highest BCUT2D eigenvalue weighted by Gasteiger charge is 2.32. The average Bonchev–Trinajstić information content (AvgIpc) is 2.33. The highest BCUT2D eigenvalue weighted by Crippen LogP contribution is 2.30. The number of aryl methyl sites for hydroxylation is 2. The van der Waals surface area contributed by atoms with Gasteiger partial charge in [-0.1, -0.05) is 25.1 Å². The molecule has 1 unspecified atom stereocenters. The smallest absolute Gasteiger partial charge is 0.0501 e. The van der Waals surface area contributed by atoms with E-state index in [2.05, 4.69) is 77.1 Å². The molecule has 0 spiro atoms. The summed E-state index contributed by atoms with van der Waals surface area (Å²) in [6.07, 6.45) is 1.16. The van der Waals surface area contributed by atoms with E-state index in [0.29, 0.717) is 6.04 Å². The summed E-state index contributed by atoms with van der Waals surface area (Å²) in [6, 6.07) is 7.17. The number of nitrogens with one attached hydrogen (secondary N) is 1. The summed E-state index contributed by atoms with van der Waals surface area (Å²) in [7, 11) is 4.31. The average molecular weight is 262 g/mol. The van der Waals surface area contributed by atoms with Crippen molar-refractivity contribution in [2.45, 2.75) is 52.6 Å². The van der Waals surface area contributed by atoms with Crippen molar-refractivity contribution < 1.29 is 0 Å². The van der Waals surface area contributed by atoms with Crippen LogP contribution < -0.4 is 5.32 Å². The van der Waals surface area contributed by atoms with Crippen molar-refractivity contribution in [3.05, 3.63) is 34.9 Å². The summed E-state index contributed by atoms with van der Waals surface area (Å²) in [6.45, 7) is 12.2. The molecule has 0 amide bonds. The summed E-state index contributed by atoms with van der Waals surface area (Å²) in [5.41, 5.74) is 4.20. The Balaban J connectivity index is 3.12. The molecule has 1 N–H and O–H groups in total. The molecule has 19 heavy (non-hydrogen) atoms. The molecule has 1 atom stereocenters. The van der Waals surface area contributed by atoms with Crippen LogP contribution in [0, 0.1) is 13.8 Å². The number of likely N-dealkylation sites (N-methyl/N-ethyl adjacent to an activating group) is 1. The lowest BCUT2D eigenvalue weighted by molar-refractivity contribution is 0.138. The zero-order chi connectivity index (χ0) is 14.6. The van der Waals surface area contributed by atoms with Gasteiger partial charge in [0.15, 0.2) is 0 Å². The largest absolute Gasteiger partial charge is 0.308 e. The quantitative estimate of drug-likeness (QED) is 0.841. The van der Waals surface area contributed by atoms with Crippen LogP contribution in [-0.2, 0) is 0 Å². The van der Waals surface area contributed by atoms with Gasteiger partial charge in [0.2, 0.25) is 0 Å². The molecule has 2 nitrogen and oxygen atoms in total. The van der Waals surface area contributed by atoms with Crippen molar-refractivity contribution in [1.82, 2.24) is 10.2 Å². The second-order valence-corrected chi connectivity index (χ2v) is 6.28. The molecule has 0 radical (unpaired) electrons. The van der Waals surface area contributed by atoms with Crippen molar-refractivity contribution in [1.29, 1.82) is 0 Å². The van der Waals surface area contributed by atoms with E-state index in [4.69, 9.17) is 0 Å². The number of hydrogen-bond acceptors (Lipinski definition) is 2. The van der Waals surface area contributed by atoms with E-state index in [1.807, 2.05) is 0 Å². The molecule has 0 fully saturated rings. The lowest BCUT2D eigenvalue weighted by atomic mass is 9.86. The third kappa shape index (κ3) is 3.80. The zero-order valence-corrected chi connectivity index (χ0v) is 13.7. The monoisotopic (exact) mass is 262 g/mol. The second kappa shape index (κ2) is 6.53. The van der Waals surface area contributed by atoms with Crippen molar-refractivity contribution in [3.8, 4) is 0 Å². The Morgan fingerprint density at radius 3 is 2.26 bits per heavy atom. The number of nitrogens with zero attached hydrogens (tertiary/aromatic N) is 1. The minimum absolute atomic E-state index is 0.0802. The molecule has 0 aliphatic carbocycles. The first kappa shape index (κ1) is 16.2. The first-order valence-corrected chi connectivity index (χ1v) is 7.28. The maximum Gasteiger partial charge on any atom is 0.0501 e. The van der Waals surface area contributed by atoms with Crippen LogP contribution in [-0.4, -0.2) is 31.1 Å². The van der Waals surface area contributed by atoms with Gasteiger partial charge in [0, 0.05) is 5.54 Å². The third-order valence-corrected chi connectivity index (χ3v) is 4.32. The van der Waals surface area contributed by atoms with Crippen LogP contribution in [0.3, 0.4) is 0 Å². The summed E-state index contributed by atoms with van der Waals surface area (Å²) < 4.78 is 0. The molecule has 0 saturated carbocycles. The van der Waals surface area contributed by atoms with Gasteiger partial charge in [0.25, 0.3) is 0 Å². The lowest BCUT2D eigenvalue weighted by Crippen LogP contribution is -2.49. The van der Waals surface area contributed by atoms with E-state index < -0.39 is 0 Å². The second-order valence-electron chi connectivity index (χ2n) is 6.28. The van der Waals surface area contributed by atoms with E-state index in [-0.39, 0.29) is 5.54 Å². The van der Waals surface area contributed by atoms with Gasteiger partial charge in [-0.2, -0.15) is 0 Å². The highest BCUT2D eigenvalue weighted by molar-refractivity contribution is 5.33. The third-order valence-electron chi connectivity index (χ3n) is 4.32. The Hall–Kier alpha value is -0.860. The van der Waals surface area contributed by atoms with E-state index in [1.165, 1.54) is 16.7 Å². The van der Waals surface area contributed by atoms with Gasteiger partial charge in [-0.15, -0.1) is 0 Å². The van der Waals surface area contributed by atoms with Gasteiger partial charge in [0.05, 0.1) is 6.04 Å². The molecule has 0 heterocycles. The standard InChI is InChI=1S/C17H30N2/c1-8-11-18-16(17(4,5)19(6)7)15-10-9-13(2)14(3)12-15/h9-10,12,16,18H,8,11H2,1-7H3. The fourth-order valence-corrected chi connectivity index (χ4v) is 2.27. The van der Waals surface area contributed by atoms with Crippen molar-refractivity contribution in [2.24, 2.45) is 0 Å². The summed E-state index contributed by atoms with van der Waals surface area (Å²) in [5, 5.41) is 3.71. The van der Waals surface area contributed by atoms with E-state index in [9.17, 15) is 0 Å². The molecular weight excluding hydrogens is 232 g/mol. The van der Waals surface area contributed by atoms with Gasteiger partial charge in [-0.25, -0.2) is 0 Å². The minimum atomic E-state index is 0.0802. The van der Waals surface area contributed by atoms with Crippen LogP contribution in [0.2, 0.25) is 0 Å². The Morgan fingerprint density at radius 1 is 1.16 bits per heavy atom. The van der Waals surface area contributed by atoms with Crippen LogP contribution in [0.15, 0.2) is 18.2 Å². The highest BCUT2D eigenvalue weighted by atomic mass is 15.2. The van der Waals surface area contributed by atoms with Crippen molar-refractivity contribution in [2.75, 3.05) is 20.6 Å². The predicted molar refractivity (Wildman–Crippen MR) is 84.7 cm³/mol. The van der Waals surface area contributed by atoms with E-state index in [0.717, 1.165) is 13.0 Å². The Labute approximate surface area is 119 Å². The number of hydrogen-bond donors (Lipinski definition) is 1. The molecule has 1 aromatic carbocycles. The van der Waals surface area contributed by atoms with Gasteiger partial charge >= 0.3 is 0 Å². The summed E-state index contributed by atoms with van der Waals surface area (Å²) in [5.74, 6) is 0. The normalized spacial score (nSPS) is 13.9. The summed E-state index contributed by atoms with van der Waals surface area (Å²) >= 11 is 0. The molecule has 0 aliphatic heterocycles. The predicted octanol–water partition coefficient (Wildman–Crippen LogP) is 3.68. The summed E-state index contributed by atoms with van der Waals surface area (Å²) in [4.78, 5) is 2.30. The van der Waals surface area contributed by atoms with Gasteiger partial charge in [-0.05, 0) is 71.4 Å². The molecular formula is C17H30N2. The molecule has 1 aromatic rings. The fourth-order valence-electron chi connectivity index (χ4n) is 2.27. The maximum atomic E-state index is 3.71. The zero-order valence-electron chi connectivity index (χ0n) is 13.7. The van der Waals surface area contributed by atoms with E-state index in [1.54, 1.807) is 0 Å². The Morgan fingerprint density at radius 2 is 1.79 bits per heavy atom. The van der Waals surface area contributed by atoms with Crippen LogP contribution in [0.1, 0.15) is 49.9 Å². The van der Waals surface area contributed by atoms with Crippen LogP contribution in [0.4, 0.5) is 0 Å². The van der Waals surface area contributed by atoms with Gasteiger partial charge in [0.1, 0.15) is 0 Å². The molecule has 2 heteroatoms. The van der Waals surface area contributed by atoms with Crippen molar-refractivity contribution in [3.63, 3.8) is 0 Å². The first-order chi connectivity index (χ1) is 8.80. The fraction of sp³-hybridized carbons (Fsp3) is 0.647. The SMILES string of the molecule is CCCNC(c1ccc(C)c(C)c1)C(C)(C)N(C)C. The Kier molecular flexibility index (Phi) is 5.57. The molecule has 0 aliphatic rings. The topological polar surface area (TPSA) is 15.3 Å². The molecule has 0 saturated heterocycles. The maximum absolute atomic E-state index is 3.71. The number of benzene rings is 1. The molecule has 0 bridgehead atoms. The van der Waals surface area contributed by atoms with E-state index >= 15 is 0 Å². The minimum Gasteiger partial charge on any atom is -0.308 e. The van der Waals surface area contributed by atoms with Crippen molar-refractivity contribution >= 4 is 0 Å².